The van der Waals surface area contributed by atoms with Gasteiger partial charge in [0.2, 0.25) is 0 Å². The van der Waals surface area contributed by atoms with Crippen LogP contribution in [0.2, 0.25) is 0 Å². The van der Waals surface area contributed by atoms with Crippen LogP contribution in [0.1, 0.15) is 33.3 Å². The number of amidine groups is 1. The number of hydrogen-bond donors (Lipinski definition) is 1. The molecule has 0 fully saturated rings. The molecule has 0 spiro atoms. The predicted molar refractivity (Wildman–Crippen MR) is 98.9 cm³/mol. The van der Waals surface area contributed by atoms with Crippen LogP contribution in [0.4, 0.5) is 18.0 Å². The minimum atomic E-state index is -2.07. The van der Waals surface area contributed by atoms with Crippen molar-refractivity contribution in [3.63, 3.8) is 0 Å². The van der Waals surface area contributed by atoms with Crippen LogP contribution in [0.3, 0.4) is 0 Å². The second-order valence-electron chi connectivity index (χ2n) is 7.54. The van der Waals surface area contributed by atoms with Crippen molar-refractivity contribution in [2.75, 3.05) is 20.0 Å². The first-order chi connectivity index (χ1) is 12.4. The second-order valence-corrected chi connectivity index (χ2v) is 8.45. The first-order valence-corrected chi connectivity index (χ1v) is 9.06. The molecule has 150 valence electrons. The Hall–Kier alpha value is -1.61. The highest BCUT2D eigenvalue weighted by Gasteiger charge is 2.48. The molecular formula is C18H22BrF3N2O3. The van der Waals surface area contributed by atoms with E-state index in [0.717, 1.165) is 0 Å². The largest absolute Gasteiger partial charge is 0.444 e. The number of benzene rings is 1. The molecule has 2 rings (SSSR count). The molecule has 0 aliphatic carbocycles. The number of rotatable bonds is 3. The number of carbonyl (C=O) groups excluding carboxylic acids is 1. The molecule has 0 saturated carbocycles. The molecule has 1 aliphatic heterocycles. The second kappa shape index (κ2) is 7.79. The van der Waals surface area contributed by atoms with Crippen molar-refractivity contribution in [2.24, 2.45) is 4.99 Å². The summed E-state index contributed by atoms with van der Waals surface area (Å²) >= 11 is 3.26. The van der Waals surface area contributed by atoms with E-state index in [1.807, 2.05) is 0 Å². The van der Waals surface area contributed by atoms with E-state index >= 15 is 0 Å². The molecule has 27 heavy (non-hydrogen) atoms. The summed E-state index contributed by atoms with van der Waals surface area (Å²) in [5.74, 6) is -0.937. The van der Waals surface area contributed by atoms with E-state index in [-0.39, 0.29) is 18.0 Å². The zero-order valence-corrected chi connectivity index (χ0v) is 17.1. The van der Waals surface area contributed by atoms with Crippen LogP contribution in [0.25, 0.3) is 0 Å². The van der Waals surface area contributed by atoms with Gasteiger partial charge in [-0.1, -0.05) is 15.9 Å². The van der Waals surface area contributed by atoms with Gasteiger partial charge in [0.15, 0.2) is 5.60 Å². The molecule has 1 aromatic carbocycles. The van der Waals surface area contributed by atoms with E-state index in [1.165, 1.54) is 18.2 Å². The molecule has 1 N–H and O–H groups in total. The first-order valence-electron chi connectivity index (χ1n) is 8.26. The van der Waals surface area contributed by atoms with Crippen molar-refractivity contribution in [1.29, 1.82) is 0 Å². The Morgan fingerprint density at radius 1 is 1.37 bits per heavy atom. The fraction of sp³-hybridized carbons (Fsp3) is 0.556. The van der Waals surface area contributed by atoms with Crippen LogP contribution in [-0.4, -0.2) is 43.1 Å². The fourth-order valence-electron chi connectivity index (χ4n) is 2.56. The van der Waals surface area contributed by atoms with Crippen LogP contribution in [0, 0.1) is 5.82 Å². The third kappa shape index (κ3) is 4.82. The third-order valence-electron chi connectivity index (χ3n) is 3.98. The standard InChI is InChI=1S/C18H22BrF3N2O3/c1-16(2,3)27-15(25)23-14-18(8-20,9-21)26-10-17(4,24-14)12-7-11(19)5-6-13(12)22/h5-7H,8-10H2,1-4H3,(H,23,24,25). The number of alkyl carbamates (subject to hydrolysis) is 1. The number of nitrogens with one attached hydrogen (secondary N) is 1. The molecule has 1 atom stereocenters. The monoisotopic (exact) mass is 450 g/mol. The van der Waals surface area contributed by atoms with Crippen LogP contribution >= 0.6 is 15.9 Å². The van der Waals surface area contributed by atoms with E-state index in [0.29, 0.717) is 4.47 Å². The summed E-state index contributed by atoms with van der Waals surface area (Å²) < 4.78 is 52.8. The number of carbonyl (C=O) groups is 1. The molecule has 0 saturated heterocycles. The highest BCUT2D eigenvalue weighted by molar-refractivity contribution is 9.10. The molecule has 5 nitrogen and oxygen atoms in total. The lowest BCUT2D eigenvalue weighted by molar-refractivity contribution is -0.0594. The van der Waals surface area contributed by atoms with E-state index in [2.05, 4.69) is 26.2 Å². The SMILES string of the molecule is CC(C)(C)OC(=O)NC1=NC(C)(c2cc(Br)ccc2F)COC1(CF)CF. The van der Waals surface area contributed by atoms with Crippen molar-refractivity contribution in [2.45, 2.75) is 44.4 Å². The zero-order valence-electron chi connectivity index (χ0n) is 15.5. The van der Waals surface area contributed by atoms with Gasteiger partial charge in [-0.2, -0.15) is 0 Å². The van der Waals surface area contributed by atoms with Crippen LogP contribution in [0.5, 0.6) is 0 Å². The van der Waals surface area contributed by atoms with Gasteiger partial charge in [0.25, 0.3) is 0 Å². The molecule has 0 bridgehead atoms. The minimum absolute atomic E-state index is 0.159. The van der Waals surface area contributed by atoms with Gasteiger partial charge in [0.1, 0.15) is 36.1 Å². The Labute approximate surface area is 164 Å². The average Bonchev–Trinajstić information content (AvgIpc) is 2.56. The highest BCUT2D eigenvalue weighted by Crippen LogP contribution is 2.36. The Bertz CT molecular complexity index is 748. The van der Waals surface area contributed by atoms with E-state index in [1.54, 1.807) is 27.7 Å². The first kappa shape index (κ1) is 21.7. The van der Waals surface area contributed by atoms with Crippen molar-refractivity contribution < 1.29 is 27.4 Å². The van der Waals surface area contributed by atoms with Gasteiger partial charge in [-0.15, -0.1) is 0 Å². The lowest BCUT2D eigenvalue weighted by Gasteiger charge is -2.40. The molecule has 9 heteroatoms. The van der Waals surface area contributed by atoms with Gasteiger partial charge in [0, 0.05) is 10.0 Å². The van der Waals surface area contributed by atoms with Gasteiger partial charge >= 0.3 is 6.09 Å². The lowest BCUT2D eigenvalue weighted by atomic mass is 9.90. The van der Waals surface area contributed by atoms with Gasteiger partial charge in [-0.05, 0) is 45.9 Å². The summed E-state index contributed by atoms with van der Waals surface area (Å²) in [6, 6.07) is 4.27. The van der Waals surface area contributed by atoms with E-state index in [9.17, 15) is 18.0 Å². The maximum atomic E-state index is 14.4. The van der Waals surface area contributed by atoms with Crippen LogP contribution in [0.15, 0.2) is 27.7 Å². The van der Waals surface area contributed by atoms with Gasteiger partial charge in [-0.25, -0.2) is 18.0 Å². The molecule has 1 aliphatic rings. The Morgan fingerprint density at radius 3 is 2.56 bits per heavy atom. The Kier molecular flexibility index (Phi) is 6.26. The van der Waals surface area contributed by atoms with Crippen LogP contribution in [-0.2, 0) is 15.0 Å². The van der Waals surface area contributed by atoms with E-state index in [4.69, 9.17) is 9.47 Å². The van der Waals surface area contributed by atoms with E-state index < -0.39 is 42.0 Å². The van der Waals surface area contributed by atoms with Gasteiger partial charge < -0.3 is 9.47 Å². The molecule has 0 aromatic heterocycles. The zero-order chi connectivity index (χ0) is 20.5. The lowest BCUT2D eigenvalue weighted by Crippen LogP contribution is -2.59. The number of halogens is 4. The van der Waals surface area contributed by atoms with Crippen LogP contribution < -0.4 is 5.32 Å². The summed E-state index contributed by atoms with van der Waals surface area (Å²) in [6.45, 7) is 3.70. The predicted octanol–water partition coefficient (Wildman–Crippen LogP) is 4.43. The average molecular weight is 451 g/mol. The topological polar surface area (TPSA) is 59.9 Å². The van der Waals surface area contributed by atoms with Gasteiger partial charge in [-0.3, -0.25) is 10.3 Å². The Balaban J connectivity index is 2.48. The molecule has 1 heterocycles. The number of alkyl halides is 2. The maximum absolute atomic E-state index is 14.4. The smallest absolute Gasteiger partial charge is 0.413 e. The number of amides is 1. The summed E-state index contributed by atoms with van der Waals surface area (Å²) in [5.41, 5.74) is -4.04. The number of ether oxygens (including phenoxy) is 2. The quantitative estimate of drug-likeness (QED) is 0.740. The minimum Gasteiger partial charge on any atom is -0.444 e. The number of nitrogens with zero attached hydrogens (tertiary/aromatic N) is 1. The third-order valence-corrected chi connectivity index (χ3v) is 4.47. The van der Waals surface area contributed by atoms with Crippen molar-refractivity contribution in [3.8, 4) is 0 Å². The molecule has 1 unspecified atom stereocenters. The van der Waals surface area contributed by atoms with Crippen molar-refractivity contribution in [3.05, 3.63) is 34.1 Å². The molecule has 0 radical (unpaired) electrons. The molecular weight excluding hydrogens is 429 g/mol. The maximum Gasteiger partial charge on any atom is 0.413 e. The van der Waals surface area contributed by atoms with Gasteiger partial charge in [0.05, 0.1) is 6.61 Å². The highest BCUT2D eigenvalue weighted by atomic mass is 79.9. The number of hydrogen-bond acceptors (Lipinski definition) is 4. The number of aliphatic imine (C=N–C) groups is 1. The normalized spacial score (nSPS) is 22.1. The molecule has 1 aromatic rings. The summed E-state index contributed by atoms with van der Waals surface area (Å²) in [6.07, 6.45) is -0.935. The Morgan fingerprint density at radius 2 is 2.00 bits per heavy atom. The van der Waals surface area contributed by atoms with Crippen molar-refractivity contribution in [1.82, 2.24) is 5.32 Å². The molecule has 1 amide bonds. The fourth-order valence-corrected chi connectivity index (χ4v) is 2.92. The summed E-state index contributed by atoms with van der Waals surface area (Å²) in [7, 11) is 0. The van der Waals surface area contributed by atoms with Crippen molar-refractivity contribution >= 4 is 27.9 Å². The summed E-state index contributed by atoms with van der Waals surface area (Å²) in [4.78, 5) is 16.4. The summed E-state index contributed by atoms with van der Waals surface area (Å²) in [5, 5.41) is 2.28.